The molecule has 2 aliphatic rings. The van der Waals surface area contributed by atoms with Gasteiger partial charge in [0.05, 0.1) is 25.8 Å². The zero-order valence-electron chi connectivity index (χ0n) is 22.6. The molecule has 1 fully saturated rings. The number of carbonyl (C=O) groups excluding carboxylic acids is 2. The summed E-state index contributed by atoms with van der Waals surface area (Å²) >= 11 is 0. The van der Waals surface area contributed by atoms with E-state index in [9.17, 15) is 14.7 Å². The van der Waals surface area contributed by atoms with Gasteiger partial charge in [-0.2, -0.15) is 0 Å². The Hall–Kier alpha value is -4.46. The molecule has 1 atom stereocenters. The summed E-state index contributed by atoms with van der Waals surface area (Å²) in [6, 6.07) is 15.0. The predicted octanol–water partition coefficient (Wildman–Crippen LogP) is 5.53. The topological polar surface area (TPSA) is 94.5 Å². The van der Waals surface area contributed by atoms with Crippen LogP contribution in [0.3, 0.4) is 0 Å². The molecule has 1 amide bonds. The summed E-state index contributed by atoms with van der Waals surface area (Å²) in [5, 5.41) is 11.7. The lowest BCUT2D eigenvalue weighted by Gasteiger charge is -2.27. The number of hydrogen-bond acceptors (Lipinski definition) is 7. The molecule has 0 aliphatic carbocycles. The summed E-state index contributed by atoms with van der Waals surface area (Å²) in [7, 11) is 3.16. The van der Waals surface area contributed by atoms with Crippen LogP contribution in [0.4, 0.5) is 5.69 Å². The highest BCUT2D eigenvalue weighted by molar-refractivity contribution is 6.51. The molecule has 202 valence electrons. The van der Waals surface area contributed by atoms with Gasteiger partial charge in [-0.05, 0) is 65.9 Å². The molecular weight excluding hydrogens is 498 g/mol. The number of hydrogen-bond donors (Lipinski definition) is 1. The fraction of sp³-hybridized carbons (Fsp3) is 0.290. The van der Waals surface area contributed by atoms with Crippen LogP contribution in [0.1, 0.15) is 48.1 Å². The number of rotatable bonds is 6. The highest BCUT2D eigenvalue weighted by Gasteiger charge is 2.47. The van der Waals surface area contributed by atoms with E-state index in [1.807, 2.05) is 32.9 Å². The quantitative estimate of drug-likeness (QED) is 0.255. The summed E-state index contributed by atoms with van der Waals surface area (Å²) in [6.45, 7) is 6.69. The fourth-order valence-electron chi connectivity index (χ4n) is 5.11. The Morgan fingerprint density at radius 1 is 0.949 bits per heavy atom. The minimum absolute atomic E-state index is 0.00280. The van der Waals surface area contributed by atoms with Crippen LogP contribution in [0.2, 0.25) is 0 Å². The Balaban J connectivity index is 1.72. The number of aliphatic hydroxyl groups excluding tert-OH is 1. The van der Waals surface area contributed by atoms with E-state index in [1.54, 1.807) is 56.7 Å². The monoisotopic (exact) mass is 529 g/mol. The van der Waals surface area contributed by atoms with Crippen molar-refractivity contribution in [3.8, 4) is 23.0 Å². The van der Waals surface area contributed by atoms with Crippen molar-refractivity contribution < 1.29 is 33.6 Å². The van der Waals surface area contributed by atoms with E-state index in [1.165, 1.54) is 4.90 Å². The lowest BCUT2D eigenvalue weighted by molar-refractivity contribution is -0.132. The molecule has 3 aromatic carbocycles. The Kier molecular flexibility index (Phi) is 6.95. The zero-order valence-corrected chi connectivity index (χ0v) is 22.6. The van der Waals surface area contributed by atoms with Gasteiger partial charge in [0.25, 0.3) is 11.7 Å². The van der Waals surface area contributed by atoms with Crippen molar-refractivity contribution in [2.24, 2.45) is 0 Å². The Morgan fingerprint density at radius 2 is 1.64 bits per heavy atom. The maximum Gasteiger partial charge on any atom is 0.300 e. The molecule has 1 saturated heterocycles. The number of aryl methyl sites for hydroxylation is 1. The average molecular weight is 530 g/mol. The number of carbonyl (C=O) groups is 2. The number of amides is 1. The van der Waals surface area contributed by atoms with E-state index in [0.717, 1.165) is 5.56 Å². The van der Waals surface area contributed by atoms with Crippen molar-refractivity contribution in [1.82, 2.24) is 0 Å². The highest BCUT2D eigenvalue weighted by atomic mass is 16.6. The van der Waals surface area contributed by atoms with Gasteiger partial charge >= 0.3 is 0 Å². The van der Waals surface area contributed by atoms with Crippen molar-refractivity contribution in [2.45, 2.75) is 32.7 Å². The predicted molar refractivity (Wildman–Crippen MR) is 147 cm³/mol. The Bertz CT molecular complexity index is 1470. The minimum atomic E-state index is -0.887. The van der Waals surface area contributed by atoms with E-state index in [-0.39, 0.29) is 17.3 Å². The lowest BCUT2D eigenvalue weighted by Crippen LogP contribution is -2.29. The van der Waals surface area contributed by atoms with Gasteiger partial charge in [0.15, 0.2) is 11.5 Å². The minimum Gasteiger partial charge on any atom is -0.507 e. The normalized spacial score (nSPS) is 18.0. The first-order valence-corrected chi connectivity index (χ1v) is 12.8. The zero-order chi connectivity index (χ0) is 27.8. The maximum absolute atomic E-state index is 13.6. The molecule has 1 unspecified atom stereocenters. The Labute approximate surface area is 227 Å². The van der Waals surface area contributed by atoms with Crippen LogP contribution in [0.5, 0.6) is 23.0 Å². The van der Waals surface area contributed by atoms with Crippen molar-refractivity contribution in [3.05, 3.63) is 82.4 Å². The van der Waals surface area contributed by atoms with Crippen molar-refractivity contribution in [3.63, 3.8) is 0 Å². The molecule has 2 heterocycles. The molecule has 3 aromatic rings. The van der Waals surface area contributed by atoms with Crippen molar-refractivity contribution in [2.75, 3.05) is 32.3 Å². The maximum atomic E-state index is 13.6. The summed E-state index contributed by atoms with van der Waals surface area (Å²) in [5.74, 6) is 0.721. The molecule has 0 radical (unpaired) electrons. The Morgan fingerprint density at radius 3 is 2.28 bits per heavy atom. The van der Waals surface area contributed by atoms with E-state index in [2.05, 4.69) is 0 Å². The van der Waals surface area contributed by atoms with Crippen LogP contribution >= 0.6 is 0 Å². The van der Waals surface area contributed by atoms with E-state index >= 15 is 0 Å². The summed E-state index contributed by atoms with van der Waals surface area (Å²) in [6.07, 6.45) is 0. The van der Waals surface area contributed by atoms with Gasteiger partial charge in [0.1, 0.15) is 30.5 Å². The standard InChI is InChI=1S/C31H31NO7/c1-17(2)22-16-23(18(3)14-25(22)37-5)29(33)27-28(19-6-9-21(36-4)10-7-19)32(31(35)30(27)34)20-8-11-24-26(15-20)39-13-12-38-24/h6-11,14-17,28,33H,12-13H2,1-5H3/b29-27+. The van der Waals surface area contributed by atoms with Crippen LogP contribution in [0.15, 0.2) is 60.2 Å². The number of ether oxygens (including phenoxy) is 4. The number of nitrogens with zero attached hydrogens (tertiary/aromatic N) is 1. The third-order valence-electron chi connectivity index (χ3n) is 7.13. The third-order valence-corrected chi connectivity index (χ3v) is 7.13. The second-order valence-electron chi connectivity index (χ2n) is 9.83. The van der Waals surface area contributed by atoms with Crippen molar-refractivity contribution >= 4 is 23.1 Å². The first kappa shape index (κ1) is 26.2. The number of benzene rings is 3. The number of fused-ring (bicyclic) bond motifs is 1. The van der Waals surface area contributed by atoms with Crippen molar-refractivity contribution in [1.29, 1.82) is 0 Å². The first-order valence-electron chi connectivity index (χ1n) is 12.8. The van der Waals surface area contributed by atoms with E-state index in [0.29, 0.717) is 58.6 Å². The summed E-state index contributed by atoms with van der Waals surface area (Å²) < 4.78 is 22.2. The number of ketones is 1. The molecule has 8 heteroatoms. The molecule has 2 aliphatic heterocycles. The highest BCUT2D eigenvalue weighted by Crippen LogP contribution is 2.45. The second-order valence-corrected chi connectivity index (χ2v) is 9.83. The lowest BCUT2D eigenvalue weighted by atomic mass is 9.91. The summed E-state index contributed by atoms with van der Waals surface area (Å²) in [4.78, 5) is 28.6. The van der Waals surface area contributed by atoms with Crippen LogP contribution < -0.4 is 23.8 Å². The SMILES string of the molecule is COc1ccc(C2/C(=C(\O)c3cc(C(C)C)c(OC)cc3C)C(=O)C(=O)N2c2ccc3c(c2)OCCO3)cc1. The number of methoxy groups -OCH3 is 2. The number of anilines is 1. The van der Waals surface area contributed by atoms with Gasteiger partial charge < -0.3 is 24.1 Å². The van der Waals surface area contributed by atoms with Gasteiger partial charge in [-0.15, -0.1) is 0 Å². The second kappa shape index (κ2) is 10.4. The molecule has 5 rings (SSSR count). The first-order chi connectivity index (χ1) is 18.7. The van der Waals surface area contributed by atoms with E-state index < -0.39 is 17.7 Å². The van der Waals surface area contributed by atoms with Crippen LogP contribution in [-0.2, 0) is 9.59 Å². The van der Waals surface area contributed by atoms with Gasteiger partial charge in [-0.3, -0.25) is 14.5 Å². The van der Waals surface area contributed by atoms with E-state index in [4.69, 9.17) is 18.9 Å². The largest absolute Gasteiger partial charge is 0.507 e. The van der Waals surface area contributed by atoms with Crippen LogP contribution in [-0.4, -0.2) is 44.2 Å². The van der Waals surface area contributed by atoms with Gasteiger partial charge in [-0.25, -0.2) is 0 Å². The van der Waals surface area contributed by atoms with Crippen LogP contribution in [0, 0.1) is 6.92 Å². The van der Waals surface area contributed by atoms with Gasteiger partial charge in [0, 0.05) is 17.3 Å². The molecule has 0 saturated carbocycles. The van der Waals surface area contributed by atoms with Crippen LogP contribution in [0.25, 0.3) is 5.76 Å². The van der Waals surface area contributed by atoms with Gasteiger partial charge in [-0.1, -0.05) is 26.0 Å². The molecule has 0 spiro atoms. The molecule has 0 bridgehead atoms. The molecule has 1 N–H and O–H groups in total. The average Bonchev–Trinajstić information content (AvgIpc) is 3.21. The molecular formula is C31H31NO7. The smallest absolute Gasteiger partial charge is 0.300 e. The molecule has 0 aromatic heterocycles. The molecule has 8 nitrogen and oxygen atoms in total. The fourth-order valence-corrected chi connectivity index (χ4v) is 5.11. The summed E-state index contributed by atoms with van der Waals surface area (Å²) in [5.41, 5.74) is 3.16. The number of Topliss-reactive ketones (excluding diaryl/α,β-unsaturated/α-hetero) is 1. The molecule has 39 heavy (non-hydrogen) atoms. The third kappa shape index (κ3) is 4.56. The number of aliphatic hydroxyl groups is 1. The van der Waals surface area contributed by atoms with Gasteiger partial charge in [0.2, 0.25) is 0 Å².